The molecule has 2 aromatic carbocycles. The maximum Gasteiger partial charge on any atom is 0.387 e. The Morgan fingerprint density at radius 2 is 1.62 bits per heavy atom. The van der Waals surface area contributed by atoms with Gasteiger partial charge in [-0.1, -0.05) is 0 Å². The molecule has 0 N–H and O–H groups in total. The molecule has 2 rings (SSSR count). The fourth-order valence-electron chi connectivity index (χ4n) is 1.71. The van der Waals surface area contributed by atoms with E-state index in [1.165, 1.54) is 6.21 Å². The van der Waals surface area contributed by atoms with Gasteiger partial charge in [-0.2, -0.15) is 19.0 Å². The number of hydrogen-bond donors (Lipinski definition) is 0. The lowest BCUT2D eigenvalue weighted by molar-refractivity contribution is -0.0523. The second kappa shape index (κ2) is 8.09. The quantitative estimate of drug-likeness (QED) is 0.453. The summed E-state index contributed by atoms with van der Waals surface area (Å²) in [5.74, 6) is -2.28. The fourth-order valence-corrected chi connectivity index (χ4v) is 1.71. The minimum absolute atomic E-state index is 0.249. The number of methoxy groups -OCH3 is 1. The van der Waals surface area contributed by atoms with E-state index in [0.29, 0.717) is 17.9 Å². The van der Waals surface area contributed by atoms with Crippen molar-refractivity contribution in [2.45, 2.75) is 6.61 Å². The Balaban J connectivity index is 2.08. The van der Waals surface area contributed by atoms with E-state index in [4.69, 9.17) is 4.74 Å². The highest BCUT2D eigenvalue weighted by Gasteiger charge is 2.13. The molecule has 24 heavy (non-hydrogen) atoms. The van der Waals surface area contributed by atoms with E-state index < -0.39 is 24.0 Å². The van der Waals surface area contributed by atoms with Crippen LogP contribution in [0.1, 0.15) is 11.1 Å². The predicted molar refractivity (Wildman–Crippen MR) is 81.2 cm³/mol. The predicted octanol–water partition coefficient (Wildman–Crippen LogP) is 4.03. The van der Waals surface area contributed by atoms with E-state index in [1.54, 1.807) is 31.4 Å². The van der Waals surface area contributed by atoms with Crippen LogP contribution < -0.4 is 9.47 Å². The van der Waals surface area contributed by atoms with Gasteiger partial charge in [0.25, 0.3) is 0 Å². The van der Waals surface area contributed by atoms with E-state index >= 15 is 0 Å². The molecular weight excluding hydrogens is 328 g/mol. The highest BCUT2D eigenvalue weighted by Crippen LogP contribution is 2.22. The Hall–Kier alpha value is -2.90. The maximum atomic E-state index is 13.7. The van der Waals surface area contributed by atoms with Gasteiger partial charge in [0.05, 0.1) is 19.5 Å². The van der Waals surface area contributed by atoms with Crippen LogP contribution in [-0.2, 0) is 0 Å². The minimum atomic E-state index is -3.24. The molecular formula is C16H12F4N2O2. The monoisotopic (exact) mass is 340 g/mol. The third-order valence-electron chi connectivity index (χ3n) is 2.85. The van der Waals surface area contributed by atoms with Gasteiger partial charge in [0.2, 0.25) is 0 Å². The number of nitrogens with zero attached hydrogens (tertiary/aromatic N) is 2. The van der Waals surface area contributed by atoms with Crippen molar-refractivity contribution in [3.05, 3.63) is 59.2 Å². The summed E-state index contributed by atoms with van der Waals surface area (Å²) in [6, 6.07) is 8.13. The van der Waals surface area contributed by atoms with Crippen LogP contribution in [-0.4, -0.2) is 26.2 Å². The normalized spacial score (nSPS) is 11.6. The molecule has 0 fully saturated rings. The summed E-state index contributed by atoms with van der Waals surface area (Å²) < 4.78 is 60.1. The second-order valence-corrected chi connectivity index (χ2v) is 4.44. The van der Waals surface area contributed by atoms with Crippen molar-refractivity contribution < 1.29 is 27.0 Å². The summed E-state index contributed by atoms with van der Waals surface area (Å²) in [4.78, 5) is 0. The van der Waals surface area contributed by atoms with Crippen molar-refractivity contribution in [1.82, 2.24) is 0 Å². The topological polar surface area (TPSA) is 43.2 Å². The lowest BCUT2D eigenvalue weighted by atomic mass is 10.2. The third kappa shape index (κ3) is 4.80. The van der Waals surface area contributed by atoms with Gasteiger partial charge in [-0.15, -0.1) is 0 Å². The van der Waals surface area contributed by atoms with Gasteiger partial charge in [0, 0.05) is 11.6 Å². The maximum absolute atomic E-state index is 13.7. The van der Waals surface area contributed by atoms with Crippen LogP contribution in [0, 0.1) is 11.6 Å². The van der Waals surface area contributed by atoms with Crippen molar-refractivity contribution in [2.24, 2.45) is 10.2 Å². The Kier molecular flexibility index (Phi) is 5.89. The summed E-state index contributed by atoms with van der Waals surface area (Å²) in [5.41, 5.74) is 0.473. The molecule has 0 aliphatic heterocycles. The molecule has 2 aromatic rings. The van der Waals surface area contributed by atoms with Crippen molar-refractivity contribution in [1.29, 1.82) is 0 Å². The van der Waals surface area contributed by atoms with E-state index in [2.05, 4.69) is 14.9 Å². The van der Waals surface area contributed by atoms with Crippen LogP contribution in [0.25, 0.3) is 0 Å². The molecule has 0 aliphatic carbocycles. The number of hydrogen-bond acceptors (Lipinski definition) is 4. The summed E-state index contributed by atoms with van der Waals surface area (Å²) in [7, 11) is 1.54. The van der Waals surface area contributed by atoms with Crippen LogP contribution in [0.15, 0.2) is 46.6 Å². The van der Waals surface area contributed by atoms with Crippen molar-refractivity contribution in [3.63, 3.8) is 0 Å². The van der Waals surface area contributed by atoms with Gasteiger partial charge >= 0.3 is 6.61 Å². The van der Waals surface area contributed by atoms with Crippen LogP contribution in [0.5, 0.6) is 11.5 Å². The molecule has 0 radical (unpaired) electrons. The Bertz CT molecular complexity index is 746. The van der Waals surface area contributed by atoms with Crippen LogP contribution in [0.4, 0.5) is 17.6 Å². The van der Waals surface area contributed by atoms with E-state index in [-0.39, 0.29) is 5.56 Å². The molecule has 0 amide bonds. The SMILES string of the molecule is COc1ccc(C=NN=Cc2cc(F)c(OC(F)F)cc2F)cc1. The zero-order valence-electron chi connectivity index (χ0n) is 12.4. The molecule has 0 spiro atoms. The lowest BCUT2D eigenvalue weighted by Gasteiger charge is -2.06. The number of rotatable bonds is 6. The molecule has 0 heterocycles. The van der Waals surface area contributed by atoms with E-state index in [1.807, 2.05) is 0 Å². The first-order chi connectivity index (χ1) is 11.5. The Morgan fingerprint density at radius 1 is 0.958 bits per heavy atom. The molecule has 0 unspecified atom stereocenters. The first-order valence-electron chi connectivity index (χ1n) is 6.64. The van der Waals surface area contributed by atoms with Crippen molar-refractivity contribution >= 4 is 12.4 Å². The van der Waals surface area contributed by atoms with Crippen LogP contribution in [0.3, 0.4) is 0 Å². The first-order valence-corrected chi connectivity index (χ1v) is 6.64. The lowest BCUT2D eigenvalue weighted by Crippen LogP contribution is -2.05. The number of ether oxygens (including phenoxy) is 2. The molecule has 0 aromatic heterocycles. The molecule has 0 saturated carbocycles. The van der Waals surface area contributed by atoms with Gasteiger partial charge in [-0.3, -0.25) is 0 Å². The van der Waals surface area contributed by atoms with E-state index in [9.17, 15) is 17.6 Å². The summed E-state index contributed by atoms with van der Waals surface area (Å²) in [5, 5.41) is 7.29. The van der Waals surface area contributed by atoms with Gasteiger partial charge in [-0.25, -0.2) is 8.78 Å². The summed E-state index contributed by atoms with van der Waals surface area (Å²) >= 11 is 0. The van der Waals surface area contributed by atoms with Gasteiger partial charge in [0.1, 0.15) is 11.6 Å². The largest absolute Gasteiger partial charge is 0.497 e. The zero-order valence-corrected chi connectivity index (χ0v) is 12.4. The first kappa shape index (κ1) is 17.5. The standard InChI is InChI=1S/C16H12F4N2O2/c1-23-12-4-2-10(3-5-12)8-21-22-9-11-6-14(18)15(7-13(11)17)24-16(19)20/h2-9,16H,1H3. The number of halogens is 4. The Morgan fingerprint density at radius 3 is 2.25 bits per heavy atom. The van der Waals surface area contributed by atoms with E-state index in [0.717, 1.165) is 11.8 Å². The highest BCUT2D eigenvalue weighted by molar-refractivity contribution is 5.83. The van der Waals surface area contributed by atoms with Crippen LogP contribution >= 0.6 is 0 Å². The summed E-state index contributed by atoms with van der Waals surface area (Å²) in [6.07, 6.45) is 2.36. The van der Waals surface area contributed by atoms with Crippen molar-refractivity contribution in [2.75, 3.05) is 7.11 Å². The number of alkyl halides is 2. The highest BCUT2D eigenvalue weighted by atomic mass is 19.3. The molecule has 4 nitrogen and oxygen atoms in total. The van der Waals surface area contributed by atoms with Crippen molar-refractivity contribution in [3.8, 4) is 11.5 Å². The molecule has 0 saturated heterocycles. The Labute approximate surface area is 135 Å². The average Bonchev–Trinajstić information content (AvgIpc) is 2.55. The smallest absolute Gasteiger partial charge is 0.387 e. The number of benzene rings is 2. The second-order valence-electron chi connectivity index (χ2n) is 4.44. The zero-order chi connectivity index (χ0) is 17.5. The average molecular weight is 340 g/mol. The molecule has 8 heteroatoms. The van der Waals surface area contributed by atoms with Gasteiger partial charge < -0.3 is 9.47 Å². The van der Waals surface area contributed by atoms with Gasteiger partial charge in [-0.05, 0) is 35.9 Å². The molecule has 0 aliphatic rings. The van der Waals surface area contributed by atoms with Gasteiger partial charge in [0.15, 0.2) is 11.6 Å². The molecule has 0 atom stereocenters. The molecule has 126 valence electrons. The minimum Gasteiger partial charge on any atom is -0.497 e. The summed E-state index contributed by atoms with van der Waals surface area (Å²) in [6.45, 7) is -3.24. The molecule has 0 bridgehead atoms. The van der Waals surface area contributed by atoms with Crippen LogP contribution in [0.2, 0.25) is 0 Å². The third-order valence-corrected chi connectivity index (χ3v) is 2.85. The fraction of sp³-hybridized carbons (Fsp3) is 0.125.